The van der Waals surface area contributed by atoms with Crippen LogP contribution in [-0.4, -0.2) is 51.9 Å². The Balaban J connectivity index is 1.73. The van der Waals surface area contributed by atoms with Gasteiger partial charge in [-0.15, -0.1) is 11.8 Å². The first kappa shape index (κ1) is 17.3. The lowest BCUT2D eigenvalue weighted by molar-refractivity contribution is -0.136. The summed E-state index contributed by atoms with van der Waals surface area (Å²) in [6.45, 7) is 5.93. The SMILES string of the molecule is CC(C)C(=O)N1CCC2(CC1)SCCN2C(=O)c1ccc(F)cc1. The van der Waals surface area contributed by atoms with Crippen molar-refractivity contribution in [1.29, 1.82) is 0 Å². The zero-order valence-corrected chi connectivity index (χ0v) is 14.9. The second kappa shape index (κ2) is 6.75. The number of carbonyl (C=O) groups excluding carboxylic acids is 2. The topological polar surface area (TPSA) is 40.6 Å². The molecular weight excluding hydrogens is 327 g/mol. The first-order valence-corrected chi connectivity index (χ1v) is 9.42. The standard InChI is InChI=1S/C18H23FN2O2S/c1-13(2)16(22)20-9-7-18(8-10-20)21(11-12-24-18)17(23)14-3-5-15(19)6-4-14/h3-6,13H,7-12H2,1-2H3. The zero-order chi connectivity index (χ0) is 17.3. The van der Waals surface area contributed by atoms with E-state index in [1.165, 1.54) is 12.1 Å². The van der Waals surface area contributed by atoms with E-state index >= 15 is 0 Å². The third kappa shape index (κ3) is 3.16. The Morgan fingerprint density at radius 1 is 1.12 bits per heavy atom. The molecule has 0 aliphatic carbocycles. The smallest absolute Gasteiger partial charge is 0.254 e. The molecule has 0 N–H and O–H groups in total. The predicted octanol–water partition coefficient (Wildman–Crippen LogP) is 2.99. The number of halogens is 1. The van der Waals surface area contributed by atoms with Crippen molar-refractivity contribution in [2.45, 2.75) is 31.6 Å². The van der Waals surface area contributed by atoms with Crippen LogP contribution < -0.4 is 0 Å². The minimum Gasteiger partial charge on any atom is -0.342 e. The Kier molecular flexibility index (Phi) is 4.85. The fourth-order valence-electron chi connectivity index (χ4n) is 3.50. The monoisotopic (exact) mass is 350 g/mol. The molecule has 0 unspecified atom stereocenters. The summed E-state index contributed by atoms with van der Waals surface area (Å²) >= 11 is 1.82. The highest BCUT2D eigenvalue weighted by Gasteiger charge is 2.47. The van der Waals surface area contributed by atoms with Gasteiger partial charge in [-0.2, -0.15) is 0 Å². The van der Waals surface area contributed by atoms with Gasteiger partial charge in [0, 0.05) is 36.9 Å². The summed E-state index contributed by atoms with van der Waals surface area (Å²) in [7, 11) is 0. The van der Waals surface area contributed by atoms with Crippen LogP contribution in [0, 0.1) is 11.7 Å². The van der Waals surface area contributed by atoms with E-state index in [4.69, 9.17) is 0 Å². The van der Waals surface area contributed by atoms with Crippen LogP contribution in [0.1, 0.15) is 37.0 Å². The summed E-state index contributed by atoms with van der Waals surface area (Å²) in [6.07, 6.45) is 1.59. The van der Waals surface area contributed by atoms with Crippen LogP contribution in [0.5, 0.6) is 0 Å². The maximum absolute atomic E-state index is 13.1. The average Bonchev–Trinajstić information content (AvgIpc) is 2.98. The summed E-state index contributed by atoms with van der Waals surface area (Å²) < 4.78 is 13.1. The second-order valence-electron chi connectivity index (χ2n) is 6.74. The van der Waals surface area contributed by atoms with Crippen molar-refractivity contribution in [2.24, 2.45) is 5.92 Å². The summed E-state index contributed by atoms with van der Waals surface area (Å²) in [5.41, 5.74) is 0.527. The summed E-state index contributed by atoms with van der Waals surface area (Å²) in [5, 5.41) is 0. The quantitative estimate of drug-likeness (QED) is 0.823. The van der Waals surface area contributed by atoms with Crippen molar-refractivity contribution in [3.05, 3.63) is 35.6 Å². The van der Waals surface area contributed by atoms with Crippen LogP contribution in [-0.2, 0) is 4.79 Å². The molecule has 0 atom stereocenters. The van der Waals surface area contributed by atoms with Gasteiger partial charge in [0.2, 0.25) is 5.91 Å². The van der Waals surface area contributed by atoms with Crippen molar-refractivity contribution in [1.82, 2.24) is 9.80 Å². The van der Waals surface area contributed by atoms with Gasteiger partial charge in [0.05, 0.1) is 4.87 Å². The molecule has 3 rings (SSSR count). The molecule has 2 fully saturated rings. The van der Waals surface area contributed by atoms with E-state index < -0.39 is 0 Å². The molecule has 24 heavy (non-hydrogen) atoms. The molecule has 0 bridgehead atoms. The van der Waals surface area contributed by atoms with E-state index in [0.29, 0.717) is 25.2 Å². The first-order chi connectivity index (χ1) is 11.4. The van der Waals surface area contributed by atoms with E-state index in [9.17, 15) is 14.0 Å². The number of likely N-dealkylation sites (tertiary alicyclic amines) is 1. The van der Waals surface area contributed by atoms with Gasteiger partial charge in [-0.05, 0) is 37.1 Å². The minimum absolute atomic E-state index is 0.00670. The number of thioether (sulfide) groups is 1. The minimum atomic E-state index is -0.336. The number of rotatable bonds is 2. The lowest BCUT2D eigenvalue weighted by atomic mass is 9.99. The number of piperidine rings is 1. The largest absolute Gasteiger partial charge is 0.342 e. The molecule has 4 nitrogen and oxygen atoms in total. The molecule has 2 amide bonds. The van der Waals surface area contributed by atoms with E-state index in [1.54, 1.807) is 12.1 Å². The van der Waals surface area contributed by atoms with Crippen LogP contribution in [0.3, 0.4) is 0 Å². The van der Waals surface area contributed by atoms with Crippen molar-refractivity contribution < 1.29 is 14.0 Å². The van der Waals surface area contributed by atoms with Gasteiger partial charge in [-0.25, -0.2) is 4.39 Å². The lowest BCUT2D eigenvalue weighted by Crippen LogP contribution is -2.54. The van der Waals surface area contributed by atoms with Gasteiger partial charge in [0.25, 0.3) is 5.91 Å². The molecular formula is C18H23FN2O2S. The van der Waals surface area contributed by atoms with E-state index in [1.807, 2.05) is 35.4 Å². The van der Waals surface area contributed by atoms with E-state index in [-0.39, 0.29) is 28.4 Å². The molecule has 0 aromatic heterocycles. The Labute approximate surface area is 146 Å². The Bertz CT molecular complexity index is 624. The zero-order valence-electron chi connectivity index (χ0n) is 14.1. The van der Waals surface area contributed by atoms with Crippen molar-refractivity contribution in [3.63, 3.8) is 0 Å². The first-order valence-electron chi connectivity index (χ1n) is 8.43. The van der Waals surface area contributed by atoms with Crippen LogP contribution in [0.15, 0.2) is 24.3 Å². The maximum Gasteiger partial charge on any atom is 0.254 e. The Morgan fingerprint density at radius 3 is 2.33 bits per heavy atom. The fourth-order valence-corrected chi connectivity index (χ4v) is 4.95. The lowest BCUT2D eigenvalue weighted by Gasteiger charge is -2.44. The maximum atomic E-state index is 13.1. The number of hydrogen-bond acceptors (Lipinski definition) is 3. The molecule has 130 valence electrons. The van der Waals surface area contributed by atoms with Crippen molar-refractivity contribution in [3.8, 4) is 0 Å². The van der Waals surface area contributed by atoms with Crippen molar-refractivity contribution in [2.75, 3.05) is 25.4 Å². The normalized spacial score (nSPS) is 20.0. The number of nitrogens with zero attached hydrogens (tertiary/aromatic N) is 2. The van der Waals surface area contributed by atoms with Gasteiger partial charge < -0.3 is 9.80 Å². The molecule has 6 heteroatoms. The molecule has 0 saturated carbocycles. The molecule has 0 radical (unpaired) electrons. The van der Waals surface area contributed by atoms with Crippen LogP contribution in [0.2, 0.25) is 0 Å². The Morgan fingerprint density at radius 2 is 1.75 bits per heavy atom. The van der Waals surface area contributed by atoms with Gasteiger partial charge in [-0.3, -0.25) is 9.59 Å². The second-order valence-corrected chi connectivity index (χ2v) is 8.20. The van der Waals surface area contributed by atoms with Crippen LogP contribution >= 0.6 is 11.8 Å². The molecule has 1 aromatic carbocycles. The number of benzene rings is 1. The highest BCUT2D eigenvalue weighted by Crippen LogP contribution is 2.44. The highest BCUT2D eigenvalue weighted by atomic mass is 32.2. The van der Waals surface area contributed by atoms with Crippen LogP contribution in [0.4, 0.5) is 4.39 Å². The van der Waals surface area contributed by atoms with Gasteiger partial charge in [-0.1, -0.05) is 13.8 Å². The molecule has 2 saturated heterocycles. The van der Waals surface area contributed by atoms with Gasteiger partial charge in [0.15, 0.2) is 0 Å². The number of carbonyl (C=O) groups is 2. The number of hydrogen-bond donors (Lipinski definition) is 0. The molecule has 2 aliphatic heterocycles. The summed E-state index contributed by atoms with van der Waals surface area (Å²) in [5.74, 6) is 0.725. The fraction of sp³-hybridized carbons (Fsp3) is 0.556. The molecule has 2 heterocycles. The third-order valence-electron chi connectivity index (χ3n) is 4.86. The molecule has 1 aromatic rings. The molecule has 2 aliphatic rings. The van der Waals surface area contributed by atoms with Crippen molar-refractivity contribution >= 4 is 23.6 Å². The van der Waals surface area contributed by atoms with E-state index in [2.05, 4.69) is 0 Å². The van der Waals surface area contributed by atoms with Crippen LogP contribution in [0.25, 0.3) is 0 Å². The average molecular weight is 350 g/mol. The Hall–Kier alpha value is -1.56. The third-order valence-corrected chi connectivity index (χ3v) is 6.42. The van der Waals surface area contributed by atoms with Gasteiger partial charge >= 0.3 is 0 Å². The number of amides is 2. The van der Waals surface area contributed by atoms with Gasteiger partial charge in [0.1, 0.15) is 5.82 Å². The summed E-state index contributed by atoms with van der Waals surface area (Å²) in [6, 6.07) is 5.75. The molecule has 1 spiro atoms. The summed E-state index contributed by atoms with van der Waals surface area (Å²) in [4.78, 5) is 28.7. The highest BCUT2D eigenvalue weighted by molar-refractivity contribution is 8.00. The van der Waals surface area contributed by atoms with E-state index in [0.717, 1.165) is 18.6 Å². The predicted molar refractivity (Wildman–Crippen MR) is 93.3 cm³/mol.